The number of aryl methyl sites for hydroxylation is 1. The first kappa shape index (κ1) is 11.1. The van der Waals surface area contributed by atoms with Gasteiger partial charge in [0.1, 0.15) is 0 Å². The summed E-state index contributed by atoms with van der Waals surface area (Å²) in [6.45, 7) is 4.33. The highest BCUT2D eigenvalue weighted by Gasteiger charge is 2.28. The molecular weight excluding hydrogens is 220 g/mol. The van der Waals surface area contributed by atoms with Crippen LogP contribution in [0.3, 0.4) is 0 Å². The second-order valence-electron chi connectivity index (χ2n) is 5.06. The van der Waals surface area contributed by atoms with E-state index in [1.165, 1.54) is 16.8 Å². The molecule has 0 spiro atoms. The van der Waals surface area contributed by atoms with Crippen LogP contribution >= 0.6 is 0 Å². The average Bonchev–Trinajstić information content (AvgIpc) is 2.33. The SMILES string of the molecule is Cc1ccc(N)cc1N1CC(c2ccccc2)C1. The van der Waals surface area contributed by atoms with Gasteiger partial charge in [-0.1, -0.05) is 36.4 Å². The Morgan fingerprint density at radius 2 is 1.78 bits per heavy atom. The molecule has 1 heterocycles. The van der Waals surface area contributed by atoms with Crippen LogP contribution in [0, 0.1) is 6.92 Å². The zero-order chi connectivity index (χ0) is 12.5. The van der Waals surface area contributed by atoms with Crippen LogP contribution in [0.2, 0.25) is 0 Å². The minimum Gasteiger partial charge on any atom is -0.399 e. The highest BCUT2D eigenvalue weighted by atomic mass is 15.2. The van der Waals surface area contributed by atoms with E-state index >= 15 is 0 Å². The Morgan fingerprint density at radius 3 is 2.50 bits per heavy atom. The van der Waals surface area contributed by atoms with E-state index in [0.717, 1.165) is 18.8 Å². The van der Waals surface area contributed by atoms with E-state index in [1.807, 2.05) is 6.07 Å². The molecule has 1 aliphatic rings. The van der Waals surface area contributed by atoms with Crippen molar-refractivity contribution in [2.75, 3.05) is 23.7 Å². The molecule has 0 bridgehead atoms. The third kappa shape index (κ3) is 1.94. The first-order chi connectivity index (χ1) is 8.74. The third-order valence-electron chi connectivity index (χ3n) is 3.73. The van der Waals surface area contributed by atoms with Gasteiger partial charge in [-0.15, -0.1) is 0 Å². The fraction of sp³-hybridized carbons (Fsp3) is 0.250. The van der Waals surface area contributed by atoms with Crippen LogP contribution in [0.4, 0.5) is 11.4 Å². The van der Waals surface area contributed by atoms with Gasteiger partial charge in [0.25, 0.3) is 0 Å². The minimum atomic E-state index is 0.659. The maximum Gasteiger partial charge on any atom is 0.0416 e. The first-order valence-corrected chi connectivity index (χ1v) is 6.40. The molecule has 18 heavy (non-hydrogen) atoms. The summed E-state index contributed by atoms with van der Waals surface area (Å²) >= 11 is 0. The zero-order valence-electron chi connectivity index (χ0n) is 10.6. The van der Waals surface area contributed by atoms with Crippen molar-refractivity contribution < 1.29 is 0 Å². The van der Waals surface area contributed by atoms with Crippen molar-refractivity contribution in [1.82, 2.24) is 0 Å². The van der Waals surface area contributed by atoms with Gasteiger partial charge in [-0.05, 0) is 30.2 Å². The molecule has 1 saturated heterocycles. The molecule has 3 rings (SSSR count). The molecule has 2 N–H and O–H groups in total. The van der Waals surface area contributed by atoms with Crippen molar-refractivity contribution in [2.24, 2.45) is 0 Å². The Labute approximate surface area is 108 Å². The van der Waals surface area contributed by atoms with Gasteiger partial charge in [-0.3, -0.25) is 0 Å². The molecule has 92 valence electrons. The van der Waals surface area contributed by atoms with Gasteiger partial charge in [-0.2, -0.15) is 0 Å². The highest BCUT2D eigenvalue weighted by molar-refractivity contribution is 5.62. The molecule has 0 unspecified atom stereocenters. The van der Waals surface area contributed by atoms with Gasteiger partial charge in [-0.25, -0.2) is 0 Å². The molecule has 0 aliphatic carbocycles. The molecule has 0 aromatic heterocycles. The van der Waals surface area contributed by atoms with Crippen LogP contribution in [0.15, 0.2) is 48.5 Å². The van der Waals surface area contributed by atoms with Crippen LogP contribution in [-0.2, 0) is 0 Å². The zero-order valence-corrected chi connectivity index (χ0v) is 10.6. The summed E-state index contributed by atoms with van der Waals surface area (Å²) in [7, 11) is 0. The molecule has 0 radical (unpaired) electrons. The number of anilines is 2. The fourth-order valence-corrected chi connectivity index (χ4v) is 2.58. The van der Waals surface area contributed by atoms with E-state index < -0.39 is 0 Å². The second-order valence-corrected chi connectivity index (χ2v) is 5.06. The number of nitrogen functional groups attached to an aromatic ring is 1. The maximum absolute atomic E-state index is 5.86. The predicted molar refractivity (Wildman–Crippen MR) is 77.0 cm³/mol. The van der Waals surface area contributed by atoms with Gasteiger partial charge >= 0.3 is 0 Å². The quantitative estimate of drug-likeness (QED) is 0.814. The summed E-state index contributed by atoms with van der Waals surface area (Å²) in [5.74, 6) is 0.659. The molecule has 0 saturated carbocycles. The van der Waals surface area contributed by atoms with Crippen LogP contribution < -0.4 is 10.6 Å². The average molecular weight is 238 g/mol. The van der Waals surface area contributed by atoms with Crippen LogP contribution in [0.25, 0.3) is 0 Å². The molecule has 1 fully saturated rings. The topological polar surface area (TPSA) is 29.3 Å². The number of benzene rings is 2. The molecule has 1 aliphatic heterocycles. The summed E-state index contributed by atoms with van der Waals surface area (Å²) in [6.07, 6.45) is 0. The summed E-state index contributed by atoms with van der Waals surface area (Å²) in [6, 6.07) is 16.9. The van der Waals surface area contributed by atoms with Gasteiger partial charge in [0.2, 0.25) is 0 Å². The van der Waals surface area contributed by atoms with E-state index in [9.17, 15) is 0 Å². The predicted octanol–water partition coefficient (Wildman–Crippen LogP) is 3.18. The Bertz CT molecular complexity index is 542. The first-order valence-electron chi connectivity index (χ1n) is 6.40. The largest absolute Gasteiger partial charge is 0.399 e. The maximum atomic E-state index is 5.86. The lowest BCUT2D eigenvalue weighted by molar-refractivity contribution is 0.524. The van der Waals surface area contributed by atoms with Crippen molar-refractivity contribution in [3.8, 4) is 0 Å². The van der Waals surface area contributed by atoms with E-state index in [-0.39, 0.29) is 0 Å². The van der Waals surface area contributed by atoms with Crippen molar-refractivity contribution in [2.45, 2.75) is 12.8 Å². The monoisotopic (exact) mass is 238 g/mol. The number of hydrogen-bond donors (Lipinski definition) is 1. The Kier molecular flexibility index (Phi) is 2.71. The highest BCUT2D eigenvalue weighted by Crippen LogP contribution is 2.34. The molecule has 0 amide bonds. The lowest BCUT2D eigenvalue weighted by atomic mass is 9.90. The molecule has 2 aromatic carbocycles. The van der Waals surface area contributed by atoms with Gasteiger partial charge in [0.05, 0.1) is 0 Å². The van der Waals surface area contributed by atoms with Gasteiger partial charge in [0.15, 0.2) is 0 Å². The summed E-state index contributed by atoms with van der Waals surface area (Å²) in [4.78, 5) is 2.41. The van der Waals surface area contributed by atoms with E-state index in [4.69, 9.17) is 5.73 Å². The normalized spacial score (nSPS) is 15.5. The van der Waals surface area contributed by atoms with Crippen molar-refractivity contribution in [1.29, 1.82) is 0 Å². The molecule has 2 nitrogen and oxygen atoms in total. The van der Waals surface area contributed by atoms with E-state index in [0.29, 0.717) is 5.92 Å². The van der Waals surface area contributed by atoms with Gasteiger partial charge < -0.3 is 10.6 Å². The molecular formula is C16H18N2. The van der Waals surface area contributed by atoms with Crippen LogP contribution in [-0.4, -0.2) is 13.1 Å². The fourth-order valence-electron chi connectivity index (χ4n) is 2.58. The molecule has 0 atom stereocenters. The number of hydrogen-bond acceptors (Lipinski definition) is 2. The van der Waals surface area contributed by atoms with Crippen molar-refractivity contribution in [3.05, 3.63) is 59.7 Å². The summed E-state index contributed by atoms with van der Waals surface area (Å²) < 4.78 is 0. The van der Waals surface area contributed by atoms with Crippen molar-refractivity contribution >= 4 is 11.4 Å². The molecule has 2 heteroatoms. The Hall–Kier alpha value is -1.96. The van der Waals surface area contributed by atoms with E-state index in [2.05, 4.69) is 54.3 Å². The standard InChI is InChI=1S/C16H18N2/c1-12-7-8-15(17)9-16(12)18-10-14(11-18)13-5-3-2-4-6-13/h2-9,14H,10-11,17H2,1H3. The smallest absolute Gasteiger partial charge is 0.0416 e. The second kappa shape index (κ2) is 4.37. The van der Waals surface area contributed by atoms with Crippen molar-refractivity contribution in [3.63, 3.8) is 0 Å². The lowest BCUT2D eigenvalue weighted by Crippen LogP contribution is -2.45. The number of nitrogens with two attached hydrogens (primary N) is 1. The van der Waals surface area contributed by atoms with E-state index in [1.54, 1.807) is 0 Å². The number of nitrogens with zero attached hydrogens (tertiary/aromatic N) is 1. The van der Waals surface area contributed by atoms with Crippen LogP contribution in [0.5, 0.6) is 0 Å². The Balaban J connectivity index is 1.74. The molecule has 2 aromatic rings. The third-order valence-corrected chi connectivity index (χ3v) is 3.73. The minimum absolute atomic E-state index is 0.659. The lowest BCUT2D eigenvalue weighted by Gasteiger charge is -2.42. The van der Waals surface area contributed by atoms with Gasteiger partial charge in [0, 0.05) is 30.4 Å². The number of rotatable bonds is 2. The van der Waals surface area contributed by atoms with Crippen LogP contribution in [0.1, 0.15) is 17.0 Å². The summed E-state index contributed by atoms with van der Waals surface area (Å²) in [5, 5.41) is 0. The Morgan fingerprint density at radius 1 is 1.06 bits per heavy atom. The summed E-state index contributed by atoms with van der Waals surface area (Å²) in [5.41, 5.74) is 10.7.